The Labute approximate surface area is 239 Å². The summed E-state index contributed by atoms with van der Waals surface area (Å²) in [6.07, 6.45) is -2.65. The number of hydrogen-bond donors (Lipinski definition) is 0. The third-order valence-corrected chi connectivity index (χ3v) is 8.10. The fourth-order valence-electron chi connectivity index (χ4n) is 5.66. The number of likely N-dealkylation sites (tertiary alicyclic amines) is 2. The number of para-hydroxylation sites is 1. The van der Waals surface area contributed by atoms with Gasteiger partial charge in [-0.2, -0.15) is 13.2 Å². The molecule has 0 saturated carbocycles. The zero-order valence-corrected chi connectivity index (χ0v) is 23.8. The van der Waals surface area contributed by atoms with Crippen LogP contribution in [0.25, 0.3) is 0 Å². The van der Waals surface area contributed by atoms with Crippen LogP contribution in [0.15, 0.2) is 48.5 Å². The van der Waals surface area contributed by atoms with Crippen molar-refractivity contribution in [1.82, 2.24) is 9.80 Å². The molecule has 2 heterocycles. The second-order valence-corrected chi connectivity index (χ2v) is 10.8. The first-order chi connectivity index (χ1) is 19.6. The summed E-state index contributed by atoms with van der Waals surface area (Å²) in [5.74, 6) is -1.05. The summed E-state index contributed by atoms with van der Waals surface area (Å²) >= 11 is 0. The predicted molar refractivity (Wildman–Crippen MR) is 148 cm³/mol. The summed E-state index contributed by atoms with van der Waals surface area (Å²) in [6, 6.07) is 14.6. The Morgan fingerprint density at radius 3 is 2.29 bits per heavy atom. The first-order valence-corrected chi connectivity index (χ1v) is 14.4. The highest BCUT2D eigenvalue weighted by Crippen LogP contribution is 2.44. The minimum Gasteiger partial charge on any atom is -0.494 e. The van der Waals surface area contributed by atoms with Gasteiger partial charge in [-0.25, -0.2) is 4.79 Å². The van der Waals surface area contributed by atoms with Gasteiger partial charge in [0.25, 0.3) is 5.91 Å². The van der Waals surface area contributed by atoms with Gasteiger partial charge in [0.05, 0.1) is 19.8 Å². The van der Waals surface area contributed by atoms with Gasteiger partial charge in [0, 0.05) is 29.6 Å². The average molecular weight is 577 g/mol. The summed E-state index contributed by atoms with van der Waals surface area (Å²) in [7, 11) is 0. The van der Waals surface area contributed by atoms with Gasteiger partial charge in [0.15, 0.2) is 0 Å². The molecule has 10 heteroatoms. The van der Waals surface area contributed by atoms with Crippen molar-refractivity contribution in [2.24, 2.45) is 5.41 Å². The zero-order valence-electron chi connectivity index (χ0n) is 23.8. The molecule has 1 atom stereocenters. The Balaban J connectivity index is 1.44. The minimum atomic E-state index is -5.11. The van der Waals surface area contributed by atoms with Crippen molar-refractivity contribution >= 4 is 11.9 Å². The lowest BCUT2D eigenvalue weighted by molar-refractivity contribution is -0.216. The van der Waals surface area contributed by atoms with E-state index in [1.165, 1.54) is 4.90 Å². The van der Waals surface area contributed by atoms with Crippen LogP contribution in [0.5, 0.6) is 11.5 Å². The molecule has 0 N–H and O–H groups in total. The molecule has 0 bridgehead atoms. The van der Waals surface area contributed by atoms with Crippen LogP contribution in [-0.4, -0.2) is 73.3 Å². The molecule has 2 fully saturated rings. The number of benzene rings is 2. The van der Waals surface area contributed by atoms with Crippen LogP contribution in [0.3, 0.4) is 0 Å². The number of ether oxygens (including phenoxy) is 3. The zero-order chi connectivity index (χ0) is 29.5. The van der Waals surface area contributed by atoms with Gasteiger partial charge in [-0.3, -0.25) is 9.69 Å². The summed E-state index contributed by atoms with van der Waals surface area (Å²) < 4.78 is 56.3. The molecule has 2 aliphatic heterocycles. The molecule has 0 radical (unpaired) electrons. The highest BCUT2D eigenvalue weighted by molar-refractivity contribution is 5.94. The number of amides is 1. The summed E-state index contributed by atoms with van der Waals surface area (Å²) in [4.78, 5) is 29.0. The maximum atomic E-state index is 13.3. The second kappa shape index (κ2) is 13.6. The lowest BCUT2D eigenvalue weighted by Crippen LogP contribution is -2.58. The molecule has 1 spiro atoms. The summed E-state index contributed by atoms with van der Waals surface area (Å²) in [6.45, 7) is 7.35. The van der Waals surface area contributed by atoms with Crippen molar-refractivity contribution in [3.8, 4) is 11.5 Å². The number of alkyl halides is 3. The summed E-state index contributed by atoms with van der Waals surface area (Å²) in [5.41, 5.74) is 0.824. The molecule has 0 aromatic heterocycles. The molecule has 2 aliphatic rings. The third kappa shape index (κ3) is 7.72. The van der Waals surface area contributed by atoms with Crippen molar-refractivity contribution in [2.45, 2.75) is 64.8 Å². The highest BCUT2D eigenvalue weighted by Gasteiger charge is 2.51. The van der Waals surface area contributed by atoms with Gasteiger partial charge in [0.1, 0.15) is 17.6 Å². The number of unbranched alkanes of at least 4 members (excludes halogenated alkanes) is 1. The Kier molecular flexibility index (Phi) is 10.2. The van der Waals surface area contributed by atoms with Crippen molar-refractivity contribution in [3.63, 3.8) is 0 Å². The van der Waals surface area contributed by atoms with Crippen LogP contribution >= 0.6 is 0 Å². The monoisotopic (exact) mass is 576 g/mol. The number of nitrogens with zero attached hydrogens (tertiary/aromatic N) is 2. The standard InChI is InChI=1S/C31H39F3N2O5/c1-3-5-20-40-25-12-10-23(11-13-25)28(37)36-19-16-30(27(22-36)41-29(38)31(32,33)34)14-17-35(18-15-30)21-24-8-6-7-9-26(24)39-4-2/h6-13,27H,3-5,14-22H2,1-2H3. The molecule has 224 valence electrons. The maximum Gasteiger partial charge on any atom is 0.490 e. The van der Waals surface area contributed by atoms with Gasteiger partial charge >= 0.3 is 12.1 Å². The van der Waals surface area contributed by atoms with Crippen LogP contribution in [0.4, 0.5) is 13.2 Å². The van der Waals surface area contributed by atoms with Crippen LogP contribution in [0.2, 0.25) is 0 Å². The van der Waals surface area contributed by atoms with Gasteiger partial charge < -0.3 is 19.1 Å². The Morgan fingerprint density at radius 1 is 0.951 bits per heavy atom. The van der Waals surface area contributed by atoms with E-state index >= 15 is 0 Å². The van der Waals surface area contributed by atoms with E-state index in [9.17, 15) is 22.8 Å². The number of piperidine rings is 2. The third-order valence-electron chi connectivity index (χ3n) is 8.10. The van der Waals surface area contributed by atoms with E-state index < -0.39 is 23.7 Å². The van der Waals surface area contributed by atoms with Crippen molar-refractivity contribution in [1.29, 1.82) is 0 Å². The van der Waals surface area contributed by atoms with Crippen molar-refractivity contribution in [3.05, 3.63) is 59.7 Å². The number of hydrogen-bond acceptors (Lipinski definition) is 6. The number of esters is 1. The van der Waals surface area contributed by atoms with Crippen LogP contribution in [0.1, 0.15) is 61.9 Å². The quantitative estimate of drug-likeness (QED) is 0.261. The number of rotatable bonds is 10. The fraction of sp³-hybridized carbons (Fsp3) is 0.548. The van der Waals surface area contributed by atoms with E-state index in [2.05, 4.69) is 11.8 Å². The molecule has 2 aromatic rings. The van der Waals surface area contributed by atoms with Crippen molar-refractivity contribution in [2.75, 3.05) is 39.4 Å². The van der Waals surface area contributed by atoms with Crippen LogP contribution in [0, 0.1) is 5.41 Å². The number of carbonyl (C=O) groups excluding carboxylic acids is 2. The largest absolute Gasteiger partial charge is 0.494 e. The van der Waals surface area contributed by atoms with E-state index in [1.807, 2.05) is 31.2 Å². The van der Waals surface area contributed by atoms with E-state index in [4.69, 9.17) is 14.2 Å². The van der Waals surface area contributed by atoms with Crippen molar-refractivity contribution < 1.29 is 37.0 Å². The molecular weight excluding hydrogens is 537 g/mol. The van der Waals surface area contributed by atoms with Crippen LogP contribution in [-0.2, 0) is 16.1 Å². The Morgan fingerprint density at radius 2 is 1.63 bits per heavy atom. The summed E-state index contributed by atoms with van der Waals surface area (Å²) in [5, 5.41) is 0. The lowest BCUT2D eigenvalue weighted by atomic mass is 9.69. The Hall–Kier alpha value is -3.27. The number of carbonyl (C=O) groups is 2. The van der Waals surface area contributed by atoms with E-state index in [1.54, 1.807) is 24.3 Å². The topological polar surface area (TPSA) is 68.3 Å². The number of halogens is 3. The normalized spacial score (nSPS) is 19.1. The molecule has 1 unspecified atom stereocenters. The van der Waals surface area contributed by atoms with Gasteiger partial charge in [-0.15, -0.1) is 0 Å². The van der Waals surface area contributed by atoms with Gasteiger partial charge in [0.2, 0.25) is 0 Å². The van der Waals surface area contributed by atoms with E-state index in [-0.39, 0.29) is 12.5 Å². The SMILES string of the molecule is CCCCOc1ccc(C(=O)N2CCC3(CCN(Cc4ccccc4OCC)CC3)C(OC(=O)C(F)(F)F)C2)cc1. The van der Waals surface area contributed by atoms with Gasteiger partial charge in [-0.05, 0) is 76.0 Å². The molecule has 2 saturated heterocycles. The van der Waals surface area contributed by atoms with Gasteiger partial charge in [-0.1, -0.05) is 31.5 Å². The maximum absolute atomic E-state index is 13.3. The average Bonchev–Trinajstić information content (AvgIpc) is 2.96. The Bertz CT molecular complexity index is 1160. The minimum absolute atomic E-state index is 0.0808. The molecule has 2 aromatic carbocycles. The second-order valence-electron chi connectivity index (χ2n) is 10.8. The molecule has 7 nitrogen and oxygen atoms in total. The lowest BCUT2D eigenvalue weighted by Gasteiger charge is -2.51. The smallest absolute Gasteiger partial charge is 0.490 e. The first kappa shape index (κ1) is 30.7. The predicted octanol–water partition coefficient (Wildman–Crippen LogP) is 5.87. The highest BCUT2D eigenvalue weighted by atomic mass is 19.4. The van der Waals surface area contributed by atoms with Crippen LogP contribution < -0.4 is 9.47 Å². The van der Waals surface area contributed by atoms with E-state index in [0.717, 1.165) is 24.2 Å². The van der Waals surface area contributed by atoms with E-state index in [0.29, 0.717) is 70.0 Å². The molecular formula is C31H39F3N2O5. The molecule has 0 aliphatic carbocycles. The fourth-order valence-corrected chi connectivity index (χ4v) is 5.66. The first-order valence-electron chi connectivity index (χ1n) is 14.4. The molecule has 41 heavy (non-hydrogen) atoms. The molecule has 1 amide bonds. The molecule has 4 rings (SSSR count).